The molecule has 3 aliphatic carbocycles. The molecule has 6 unspecified atom stereocenters. The van der Waals surface area contributed by atoms with Crippen LogP contribution >= 0.6 is 0 Å². The molecule has 0 aromatic heterocycles. The van der Waals surface area contributed by atoms with Gasteiger partial charge in [0.05, 0.1) is 27.6 Å². The number of hydrogen-bond acceptors (Lipinski definition) is 6. The van der Waals surface area contributed by atoms with Crippen LogP contribution in [0.15, 0.2) is 12.3 Å². The Morgan fingerprint density at radius 1 is 1.07 bits per heavy atom. The summed E-state index contributed by atoms with van der Waals surface area (Å²) in [4.78, 5) is 25.5. The number of ether oxygens (including phenoxy) is 4. The predicted octanol–water partition coefficient (Wildman–Crippen LogP) is 2.46. The van der Waals surface area contributed by atoms with Crippen molar-refractivity contribution in [2.45, 2.75) is 76.5 Å². The van der Waals surface area contributed by atoms with E-state index in [-0.39, 0.29) is 40.9 Å². The zero-order valence-corrected chi connectivity index (χ0v) is 15.7. The van der Waals surface area contributed by atoms with E-state index >= 15 is 0 Å². The highest BCUT2D eigenvalue weighted by Crippen LogP contribution is 2.91. The van der Waals surface area contributed by atoms with Crippen molar-refractivity contribution in [3.63, 3.8) is 0 Å². The minimum Gasteiger partial charge on any atom is -0.492 e. The molecular formula is C21H24O6. The molecule has 4 aliphatic heterocycles. The van der Waals surface area contributed by atoms with Crippen LogP contribution in [0, 0.1) is 27.6 Å². The minimum absolute atomic E-state index is 0.0399. The summed E-state index contributed by atoms with van der Waals surface area (Å²) in [6.45, 7) is 8.38. The monoisotopic (exact) mass is 372 g/mol. The Morgan fingerprint density at radius 2 is 1.85 bits per heavy atom. The highest BCUT2D eigenvalue weighted by Gasteiger charge is 2.99. The average Bonchev–Trinajstić information content (AvgIpc) is 2.97. The predicted molar refractivity (Wildman–Crippen MR) is 89.9 cm³/mol. The van der Waals surface area contributed by atoms with E-state index in [0.717, 1.165) is 32.1 Å². The van der Waals surface area contributed by atoms with E-state index in [0.29, 0.717) is 12.2 Å². The Balaban J connectivity index is 1.57. The number of carbonyl (C=O) groups excluding carboxylic acids is 2. The summed E-state index contributed by atoms with van der Waals surface area (Å²) in [6, 6.07) is 0. The molecule has 0 amide bonds. The van der Waals surface area contributed by atoms with Crippen LogP contribution in [0.5, 0.6) is 0 Å². The van der Waals surface area contributed by atoms with Crippen molar-refractivity contribution in [1.82, 2.24) is 0 Å². The van der Waals surface area contributed by atoms with Crippen LogP contribution in [0.2, 0.25) is 0 Å². The molecule has 6 nitrogen and oxygen atoms in total. The van der Waals surface area contributed by atoms with E-state index in [4.69, 9.17) is 18.9 Å². The van der Waals surface area contributed by atoms with E-state index in [2.05, 4.69) is 13.5 Å². The lowest BCUT2D eigenvalue weighted by Crippen LogP contribution is -2.58. The summed E-state index contributed by atoms with van der Waals surface area (Å²) >= 11 is 0. The molecule has 7 rings (SSSR count). The van der Waals surface area contributed by atoms with Crippen molar-refractivity contribution in [3.05, 3.63) is 12.3 Å². The number of rotatable bonds is 1. The first-order valence-corrected chi connectivity index (χ1v) is 10.3. The average molecular weight is 372 g/mol. The van der Waals surface area contributed by atoms with Gasteiger partial charge >= 0.3 is 11.9 Å². The zero-order valence-electron chi connectivity index (χ0n) is 15.7. The second-order valence-corrected chi connectivity index (χ2v) is 9.87. The molecule has 6 heteroatoms. The summed E-state index contributed by atoms with van der Waals surface area (Å²) in [5.41, 5.74) is -2.53. The van der Waals surface area contributed by atoms with E-state index in [9.17, 15) is 9.59 Å². The third-order valence-corrected chi connectivity index (χ3v) is 10.1. The van der Waals surface area contributed by atoms with Gasteiger partial charge in [0.1, 0.15) is 23.6 Å². The SMILES string of the molecule is C=C1OC2CCC34C(OC(=O)C35CC5)OC13C24CC1OC(=O)[C@H](C)[C@@]13CC. The molecular weight excluding hydrogens is 348 g/mol. The summed E-state index contributed by atoms with van der Waals surface area (Å²) in [7, 11) is 0. The molecule has 4 heterocycles. The Bertz CT molecular complexity index is 861. The molecule has 0 N–H and O–H groups in total. The maximum absolute atomic E-state index is 12.9. The Labute approximate surface area is 157 Å². The standard InChI is InChI=1S/C21H24O6/c1-4-18-10(2)14(22)25-13(18)9-20-12-5-6-19(20)16(26-15(23)17(19)7-8-17)27-21(18,20)11(3)24-12/h10,12-13,16H,3-9H2,1-2H3/t10-,12?,13?,16?,18-,19?,20?,21?/m0/s1. The van der Waals surface area contributed by atoms with Gasteiger partial charge < -0.3 is 18.9 Å². The molecule has 8 atom stereocenters. The van der Waals surface area contributed by atoms with Crippen LogP contribution in [0.25, 0.3) is 0 Å². The third kappa shape index (κ3) is 1.01. The molecule has 4 saturated heterocycles. The number of fused-ring (bicyclic) bond motifs is 1. The Morgan fingerprint density at radius 3 is 2.56 bits per heavy atom. The molecule has 27 heavy (non-hydrogen) atoms. The van der Waals surface area contributed by atoms with Gasteiger partial charge in [-0.25, -0.2) is 0 Å². The molecule has 3 spiro atoms. The van der Waals surface area contributed by atoms with Gasteiger partial charge in [0.2, 0.25) is 6.29 Å². The van der Waals surface area contributed by atoms with E-state index in [1.807, 2.05) is 6.92 Å². The molecule has 0 bridgehead atoms. The lowest BCUT2D eigenvalue weighted by atomic mass is 9.50. The lowest BCUT2D eigenvalue weighted by molar-refractivity contribution is -0.207. The minimum atomic E-state index is -0.812. The van der Waals surface area contributed by atoms with Gasteiger partial charge in [0.15, 0.2) is 0 Å². The van der Waals surface area contributed by atoms with Crippen molar-refractivity contribution in [2.75, 3.05) is 0 Å². The van der Waals surface area contributed by atoms with Crippen molar-refractivity contribution in [3.8, 4) is 0 Å². The molecule has 7 aliphatic rings. The van der Waals surface area contributed by atoms with Crippen LogP contribution < -0.4 is 0 Å². The molecule has 0 aromatic carbocycles. The van der Waals surface area contributed by atoms with Crippen molar-refractivity contribution >= 4 is 11.9 Å². The number of carbonyl (C=O) groups is 2. The van der Waals surface area contributed by atoms with Crippen LogP contribution in [-0.2, 0) is 28.5 Å². The van der Waals surface area contributed by atoms with Gasteiger partial charge in [-0.2, -0.15) is 0 Å². The van der Waals surface area contributed by atoms with Gasteiger partial charge in [-0.15, -0.1) is 0 Å². The van der Waals surface area contributed by atoms with Gasteiger partial charge in [-0.05, 0) is 38.5 Å². The summed E-state index contributed by atoms with van der Waals surface area (Å²) in [5.74, 6) is 0.0741. The second-order valence-electron chi connectivity index (χ2n) is 9.87. The highest BCUT2D eigenvalue weighted by molar-refractivity contribution is 5.85. The third-order valence-electron chi connectivity index (χ3n) is 10.1. The maximum Gasteiger partial charge on any atom is 0.315 e. The first-order chi connectivity index (χ1) is 12.9. The normalized spacial score (nSPS) is 60.0. The smallest absolute Gasteiger partial charge is 0.315 e. The number of hydrogen-bond donors (Lipinski definition) is 0. The van der Waals surface area contributed by atoms with E-state index in [1.165, 1.54) is 0 Å². The topological polar surface area (TPSA) is 71.1 Å². The molecule has 7 fully saturated rings. The van der Waals surface area contributed by atoms with Crippen molar-refractivity contribution < 1.29 is 28.5 Å². The molecule has 0 radical (unpaired) electrons. The fraction of sp³-hybridized carbons (Fsp3) is 0.810. The van der Waals surface area contributed by atoms with Crippen molar-refractivity contribution in [1.29, 1.82) is 0 Å². The molecule has 0 aromatic rings. The largest absolute Gasteiger partial charge is 0.492 e. The van der Waals surface area contributed by atoms with Crippen molar-refractivity contribution in [2.24, 2.45) is 27.6 Å². The first-order valence-electron chi connectivity index (χ1n) is 10.3. The summed E-state index contributed by atoms with van der Waals surface area (Å²) < 4.78 is 25.1. The van der Waals surface area contributed by atoms with Gasteiger partial charge in [0, 0.05) is 0 Å². The van der Waals surface area contributed by atoms with Gasteiger partial charge in [-0.3, -0.25) is 9.59 Å². The van der Waals surface area contributed by atoms with E-state index in [1.54, 1.807) is 0 Å². The summed E-state index contributed by atoms with van der Waals surface area (Å²) in [5, 5.41) is 0. The fourth-order valence-electron chi connectivity index (χ4n) is 9.17. The number of esters is 2. The molecule has 3 saturated carbocycles. The Hall–Kier alpha value is -1.56. The Kier molecular flexibility index (Phi) is 2.16. The first kappa shape index (κ1) is 15.4. The maximum atomic E-state index is 12.9. The van der Waals surface area contributed by atoms with E-state index < -0.39 is 22.7 Å². The van der Waals surface area contributed by atoms with Gasteiger partial charge in [-0.1, -0.05) is 20.4 Å². The highest BCUT2D eigenvalue weighted by atomic mass is 16.7. The zero-order chi connectivity index (χ0) is 18.6. The second kappa shape index (κ2) is 3.80. The quantitative estimate of drug-likeness (QED) is 0.659. The van der Waals surface area contributed by atoms with Crippen LogP contribution in [0.4, 0.5) is 0 Å². The summed E-state index contributed by atoms with van der Waals surface area (Å²) in [6.07, 6.45) is 4.11. The molecule has 144 valence electrons. The lowest BCUT2D eigenvalue weighted by Gasteiger charge is -2.47. The van der Waals surface area contributed by atoms with Crippen LogP contribution in [0.1, 0.15) is 52.4 Å². The van der Waals surface area contributed by atoms with Crippen LogP contribution in [0.3, 0.4) is 0 Å². The van der Waals surface area contributed by atoms with Gasteiger partial charge in [0.25, 0.3) is 0 Å². The fourth-order valence-corrected chi connectivity index (χ4v) is 9.17. The van der Waals surface area contributed by atoms with Crippen LogP contribution in [-0.4, -0.2) is 36.0 Å².